The second-order valence-electron chi connectivity index (χ2n) is 10.2. The summed E-state index contributed by atoms with van der Waals surface area (Å²) in [4.78, 5) is 0. The number of fused-ring (bicyclic) bond motifs is 1. The van der Waals surface area contributed by atoms with Crippen LogP contribution < -0.4 is 5.73 Å². The fourth-order valence-electron chi connectivity index (χ4n) is 5.15. The minimum Gasteiger partial charge on any atom is -0.414 e. The Labute approximate surface area is 146 Å². The standard InChI is InChI=1S/C20H41NOSi/c1-15(14-21)16-10-8-11-17-18(12-9-13-20(16,17)5)22-23(6,7)19(2,3)4/h15-18H,8-14,21H2,1-7H3/t15-,16-,17+,18+,20-/m1/s1. The predicted molar refractivity (Wildman–Crippen MR) is 103 cm³/mol. The molecule has 0 spiro atoms. The lowest BCUT2D eigenvalue weighted by Gasteiger charge is -2.56. The van der Waals surface area contributed by atoms with Gasteiger partial charge in [-0.25, -0.2) is 0 Å². The van der Waals surface area contributed by atoms with Crippen molar-refractivity contribution in [1.82, 2.24) is 0 Å². The Morgan fingerprint density at radius 2 is 1.83 bits per heavy atom. The SMILES string of the molecule is C[C@H](CN)[C@H]1CCC[C@H]2[C@@H](O[Si](C)(C)C(C)(C)C)CCC[C@]12C. The summed E-state index contributed by atoms with van der Waals surface area (Å²) >= 11 is 0. The molecule has 2 aliphatic carbocycles. The Hall–Kier alpha value is 0.137. The highest BCUT2D eigenvalue weighted by atomic mass is 28.4. The molecule has 2 nitrogen and oxygen atoms in total. The predicted octanol–water partition coefficient (Wildman–Crippen LogP) is 5.58. The molecule has 2 fully saturated rings. The highest BCUT2D eigenvalue weighted by Crippen LogP contribution is 2.57. The van der Waals surface area contributed by atoms with Gasteiger partial charge in [-0.15, -0.1) is 0 Å². The Kier molecular flexibility index (Phi) is 5.75. The van der Waals surface area contributed by atoms with Gasteiger partial charge in [0.25, 0.3) is 0 Å². The lowest BCUT2D eigenvalue weighted by Crippen LogP contribution is -2.54. The van der Waals surface area contributed by atoms with Gasteiger partial charge in [0.05, 0.1) is 0 Å². The molecular weight excluding hydrogens is 298 g/mol. The van der Waals surface area contributed by atoms with Gasteiger partial charge in [-0.05, 0) is 73.5 Å². The van der Waals surface area contributed by atoms with Crippen LogP contribution in [0.25, 0.3) is 0 Å². The van der Waals surface area contributed by atoms with Crippen molar-refractivity contribution in [1.29, 1.82) is 0 Å². The van der Waals surface area contributed by atoms with E-state index < -0.39 is 8.32 Å². The van der Waals surface area contributed by atoms with E-state index in [1.807, 2.05) is 0 Å². The van der Waals surface area contributed by atoms with Gasteiger partial charge >= 0.3 is 0 Å². The summed E-state index contributed by atoms with van der Waals surface area (Å²) in [5.41, 5.74) is 6.50. The normalized spacial score (nSPS) is 37.3. The van der Waals surface area contributed by atoms with Crippen molar-refractivity contribution in [3.8, 4) is 0 Å². The average molecular weight is 340 g/mol. The number of rotatable bonds is 4. The van der Waals surface area contributed by atoms with Crippen LogP contribution in [0, 0.1) is 23.2 Å². The van der Waals surface area contributed by atoms with Crippen LogP contribution in [-0.4, -0.2) is 21.0 Å². The molecule has 0 bridgehead atoms. The monoisotopic (exact) mass is 339 g/mol. The summed E-state index contributed by atoms with van der Waals surface area (Å²) in [5.74, 6) is 2.18. The molecule has 2 rings (SSSR count). The quantitative estimate of drug-likeness (QED) is 0.679. The maximum Gasteiger partial charge on any atom is 0.192 e. The smallest absolute Gasteiger partial charge is 0.192 e. The Morgan fingerprint density at radius 3 is 2.39 bits per heavy atom. The highest BCUT2D eigenvalue weighted by molar-refractivity contribution is 6.74. The summed E-state index contributed by atoms with van der Waals surface area (Å²) < 4.78 is 6.95. The summed E-state index contributed by atoms with van der Waals surface area (Å²) in [6, 6.07) is 0. The van der Waals surface area contributed by atoms with Crippen molar-refractivity contribution < 1.29 is 4.43 Å². The van der Waals surface area contributed by atoms with Crippen LogP contribution in [-0.2, 0) is 4.43 Å². The lowest BCUT2D eigenvalue weighted by molar-refractivity contribution is -0.0855. The van der Waals surface area contributed by atoms with Crippen LogP contribution in [0.15, 0.2) is 0 Å². The van der Waals surface area contributed by atoms with Gasteiger partial charge in [-0.2, -0.15) is 0 Å². The first-order chi connectivity index (χ1) is 10.5. The zero-order valence-electron chi connectivity index (χ0n) is 16.7. The Balaban J connectivity index is 2.21. The van der Waals surface area contributed by atoms with Crippen LogP contribution >= 0.6 is 0 Å². The van der Waals surface area contributed by atoms with Crippen molar-refractivity contribution in [3.63, 3.8) is 0 Å². The molecule has 5 atom stereocenters. The van der Waals surface area contributed by atoms with E-state index in [4.69, 9.17) is 10.2 Å². The molecule has 2 saturated carbocycles. The Morgan fingerprint density at radius 1 is 1.17 bits per heavy atom. The van der Waals surface area contributed by atoms with Gasteiger partial charge in [0.2, 0.25) is 0 Å². The van der Waals surface area contributed by atoms with E-state index in [2.05, 4.69) is 47.7 Å². The molecular formula is C20H41NOSi. The van der Waals surface area contributed by atoms with Crippen LogP contribution in [0.4, 0.5) is 0 Å². The van der Waals surface area contributed by atoms with Crippen molar-refractivity contribution in [2.24, 2.45) is 28.9 Å². The molecule has 0 saturated heterocycles. The second kappa shape index (κ2) is 6.80. The zero-order chi connectivity index (χ0) is 17.5. The van der Waals surface area contributed by atoms with Gasteiger partial charge in [0.15, 0.2) is 8.32 Å². The summed E-state index contributed by atoms with van der Waals surface area (Å²) in [6.45, 7) is 17.7. The van der Waals surface area contributed by atoms with Gasteiger partial charge in [0.1, 0.15) is 0 Å². The van der Waals surface area contributed by atoms with E-state index >= 15 is 0 Å². The van der Waals surface area contributed by atoms with E-state index in [1.165, 1.54) is 38.5 Å². The van der Waals surface area contributed by atoms with Crippen LogP contribution in [0.2, 0.25) is 18.1 Å². The zero-order valence-corrected chi connectivity index (χ0v) is 17.7. The molecule has 0 aromatic rings. The van der Waals surface area contributed by atoms with Gasteiger partial charge in [-0.1, -0.05) is 47.5 Å². The Bertz CT molecular complexity index is 403. The van der Waals surface area contributed by atoms with Gasteiger partial charge < -0.3 is 10.2 Å². The first-order valence-corrected chi connectivity index (χ1v) is 12.8. The molecule has 0 aromatic carbocycles. The van der Waals surface area contributed by atoms with E-state index in [-0.39, 0.29) is 0 Å². The molecule has 0 unspecified atom stereocenters. The third-order valence-corrected chi connectivity index (χ3v) is 12.2. The summed E-state index contributed by atoms with van der Waals surface area (Å²) in [5, 5.41) is 0.305. The second-order valence-corrected chi connectivity index (χ2v) is 14.9. The largest absolute Gasteiger partial charge is 0.414 e. The fraction of sp³-hybridized carbons (Fsp3) is 1.00. The van der Waals surface area contributed by atoms with Crippen molar-refractivity contribution in [3.05, 3.63) is 0 Å². The third kappa shape index (κ3) is 3.72. The first kappa shape index (κ1) is 19.5. The molecule has 0 aliphatic heterocycles. The molecule has 3 heteroatoms. The highest BCUT2D eigenvalue weighted by Gasteiger charge is 2.52. The molecule has 0 radical (unpaired) electrons. The lowest BCUT2D eigenvalue weighted by atomic mass is 9.52. The number of hydrogen-bond donors (Lipinski definition) is 1. The third-order valence-electron chi connectivity index (χ3n) is 7.69. The first-order valence-electron chi connectivity index (χ1n) is 9.91. The van der Waals surface area contributed by atoms with Gasteiger partial charge in [-0.3, -0.25) is 0 Å². The molecule has 2 N–H and O–H groups in total. The van der Waals surface area contributed by atoms with E-state index in [0.29, 0.717) is 22.5 Å². The maximum absolute atomic E-state index is 6.95. The van der Waals surface area contributed by atoms with Crippen LogP contribution in [0.1, 0.15) is 73.1 Å². The number of hydrogen-bond acceptors (Lipinski definition) is 2. The van der Waals surface area contributed by atoms with E-state index in [0.717, 1.165) is 18.4 Å². The van der Waals surface area contributed by atoms with Crippen LogP contribution in [0.3, 0.4) is 0 Å². The average Bonchev–Trinajstić information content (AvgIpc) is 2.44. The molecule has 0 aromatic heterocycles. The maximum atomic E-state index is 6.95. The molecule has 136 valence electrons. The van der Waals surface area contributed by atoms with Crippen molar-refractivity contribution >= 4 is 8.32 Å². The minimum absolute atomic E-state index is 0.305. The minimum atomic E-state index is -1.68. The topological polar surface area (TPSA) is 35.2 Å². The van der Waals surface area contributed by atoms with Crippen molar-refractivity contribution in [2.45, 2.75) is 97.4 Å². The van der Waals surface area contributed by atoms with Crippen molar-refractivity contribution in [2.75, 3.05) is 6.54 Å². The molecule has 2 aliphatic rings. The van der Waals surface area contributed by atoms with E-state index in [9.17, 15) is 0 Å². The molecule has 0 amide bonds. The molecule has 23 heavy (non-hydrogen) atoms. The summed E-state index contributed by atoms with van der Waals surface area (Å²) in [7, 11) is -1.68. The van der Waals surface area contributed by atoms with Crippen LogP contribution in [0.5, 0.6) is 0 Å². The summed E-state index contributed by atoms with van der Waals surface area (Å²) in [6.07, 6.45) is 8.58. The van der Waals surface area contributed by atoms with E-state index in [1.54, 1.807) is 0 Å². The molecule has 0 heterocycles. The fourth-order valence-corrected chi connectivity index (χ4v) is 6.55. The number of nitrogens with two attached hydrogens (primary N) is 1. The van der Waals surface area contributed by atoms with Gasteiger partial charge in [0, 0.05) is 6.10 Å².